The molecule has 0 bridgehead atoms. The van der Waals surface area contributed by atoms with Gasteiger partial charge in [-0.15, -0.1) is 5.11 Å². The molecule has 0 radical (unpaired) electrons. The van der Waals surface area contributed by atoms with Crippen LogP contribution in [-0.2, 0) is 0 Å². The van der Waals surface area contributed by atoms with Crippen LogP contribution in [0.1, 0.15) is 54.9 Å². The van der Waals surface area contributed by atoms with E-state index in [-0.39, 0.29) is 0 Å². The number of hydrogen-bond donors (Lipinski definition) is 0. The molecule has 0 aliphatic rings. The van der Waals surface area contributed by atoms with E-state index >= 15 is 0 Å². The largest absolute Gasteiger partial charge is 0.272 e. The van der Waals surface area contributed by atoms with Gasteiger partial charge in [-0.25, -0.2) is 0 Å². The maximum atomic E-state index is 3.85. The molecule has 0 spiro atoms. The number of nitrogens with zero attached hydrogens (tertiary/aromatic N) is 3. The second-order valence-electron chi connectivity index (χ2n) is 1.29. The van der Waals surface area contributed by atoms with Crippen molar-refractivity contribution in [3.8, 4) is 0 Å². The molecule has 0 rings (SSSR count). The smallest absolute Gasteiger partial charge is 0.145 e. The third kappa shape index (κ3) is 30.2. The fourth-order valence-electron chi connectivity index (χ4n) is 0.389. The highest BCUT2D eigenvalue weighted by atomic mass is 15.1. The van der Waals surface area contributed by atoms with Crippen molar-refractivity contribution in [2.45, 2.75) is 54.9 Å². The second kappa shape index (κ2) is 39.6. The molecule has 0 saturated carbocycles. The molecule has 0 unspecified atom stereocenters. The molecule has 0 atom stereocenters. The summed E-state index contributed by atoms with van der Waals surface area (Å²) >= 11 is 0. The Morgan fingerprint density at radius 3 is 1.29 bits per heavy atom. The first-order valence-corrected chi connectivity index (χ1v) is 5.60. The first-order valence-electron chi connectivity index (χ1n) is 5.60. The fraction of sp³-hybridized carbons (Fsp3) is 0.909. The summed E-state index contributed by atoms with van der Waals surface area (Å²) in [5, 5.41) is 7.31. The second-order valence-corrected chi connectivity index (χ2v) is 1.29. The monoisotopic (exact) mass is 203 g/mol. The van der Waals surface area contributed by atoms with Crippen molar-refractivity contribution in [1.82, 2.24) is 0 Å². The molecule has 0 aliphatic carbocycles. The van der Waals surface area contributed by atoms with Crippen molar-refractivity contribution >= 4 is 5.84 Å². The molecule has 0 N–H and O–H groups in total. The molecule has 0 amide bonds. The van der Waals surface area contributed by atoms with Gasteiger partial charge in [-0.2, -0.15) is 5.11 Å². The molecule has 88 valence electrons. The summed E-state index contributed by atoms with van der Waals surface area (Å²) in [6, 6.07) is 0. The van der Waals surface area contributed by atoms with Crippen LogP contribution in [0.25, 0.3) is 0 Å². The highest BCUT2D eigenvalue weighted by Crippen LogP contribution is 1.85. The van der Waals surface area contributed by atoms with E-state index in [9.17, 15) is 0 Å². The standard InChI is InChI=1S/C5H11N3.3C2H6/c1-4-5(6-2)8-7-3;3*1-2/h4H2,1-3H3;3*1-2H3. The highest BCUT2D eigenvalue weighted by molar-refractivity contribution is 5.81. The summed E-state index contributed by atoms with van der Waals surface area (Å²) in [6.07, 6.45) is 0.855. The van der Waals surface area contributed by atoms with Crippen molar-refractivity contribution in [3.63, 3.8) is 0 Å². The van der Waals surface area contributed by atoms with Crippen molar-refractivity contribution in [1.29, 1.82) is 0 Å². The highest BCUT2D eigenvalue weighted by Gasteiger charge is 1.84. The Hall–Kier alpha value is -0.730. The minimum atomic E-state index is 0.799. The summed E-state index contributed by atoms with van der Waals surface area (Å²) in [5.74, 6) is 0.799. The van der Waals surface area contributed by atoms with Crippen molar-refractivity contribution in [3.05, 3.63) is 0 Å². The van der Waals surface area contributed by atoms with Crippen LogP contribution in [0.2, 0.25) is 0 Å². The molecule has 0 aliphatic heterocycles. The molecule has 3 heteroatoms. The zero-order chi connectivity index (χ0) is 12.4. The zero-order valence-corrected chi connectivity index (χ0v) is 11.5. The van der Waals surface area contributed by atoms with E-state index in [1.54, 1.807) is 14.1 Å². The van der Waals surface area contributed by atoms with Crippen LogP contribution in [0, 0.1) is 0 Å². The molecule has 0 saturated heterocycles. The summed E-state index contributed by atoms with van der Waals surface area (Å²) in [5.41, 5.74) is 0. The van der Waals surface area contributed by atoms with E-state index < -0.39 is 0 Å². The summed E-state index contributed by atoms with van der Waals surface area (Å²) in [4.78, 5) is 3.85. The van der Waals surface area contributed by atoms with Crippen molar-refractivity contribution in [2.75, 3.05) is 14.1 Å². The molecule has 14 heavy (non-hydrogen) atoms. The quantitative estimate of drug-likeness (QED) is 0.340. The van der Waals surface area contributed by atoms with Crippen LogP contribution in [-0.4, -0.2) is 19.9 Å². The van der Waals surface area contributed by atoms with Crippen LogP contribution in [0.3, 0.4) is 0 Å². The van der Waals surface area contributed by atoms with Gasteiger partial charge < -0.3 is 0 Å². The molecule has 0 heterocycles. The van der Waals surface area contributed by atoms with Gasteiger partial charge in [0.25, 0.3) is 0 Å². The lowest BCUT2D eigenvalue weighted by molar-refractivity contribution is 1.12. The van der Waals surface area contributed by atoms with Crippen LogP contribution in [0.5, 0.6) is 0 Å². The molecular weight excluding hydrogens is 174 g/mol. The SMILES string of the molecule is CC.CC.CC.CCC(N=NC)=NC. The van der Waals surface area contributed by atoms with Gasteiger partial charge in [-0.3, -0.25) is 4.99 Å². The van der Waals surface area contributed by atoms with Crippen molar-refractivity contribution in [2.24, 2.45) is 15.2 Å². The van der Waals surface area contributed by atoms with E-state index in [4.69, 9.17) is 0 Å². The van der Waals surface area contributed by atoms with Gasteiger partial charge in [0, 0.05) is 20.5 Å². The Kier molecular flexibility index (Phi) is 65.8. The first-order chi connectivity index (χ1) is 6.85. The lowest BCUT2D eigenvalue weighted by atomic mass is 10.5. The molecule has 0 aromatic heterocycles. The lowest BCUT2D eigenvalue weighted by Gasteiger charge is -1.86. The van der Waals surface area contributed by atoms with Crippen LogP contribution < -0.4 is 0 Å². The van der Waals surface area contributed by atoms with Gasteiger partial charge in [0.2, 0.25) is 0 Å². The first kappa shape index (κ1) is 23.2. The van der Waals surface area contributed by atoms with E-state index in [1.165, 1.54) is 0 Å². The number of hydrogen-bond acceptors (Lipinski definition) is 2. The summed E-state index contributed by atoms with van der Waals surface area (Å²) < 4.78 is 0. The third-order valence-corrected chi connectivity index (χ3v) is 0.790. The van der Waals surface area contributed by atoms with Gasteiger partial charge in [0.15, 0.2) is 0 Å². The Labute approximate surface area is 90.7 Å². The normalized spacial score (nSPS) is 8.79. The number of azo groups is 1. The third-order valence-electron chi connectivity index (χ3n) is 0.790. The Morgan fingerprint density at radius 1 is 0.857 bits per heavy atom. The van der Waals surface area contributed by atoms with Crippen molar-refractivity contribution < 1.29 is 0 Å². The molecular formula is C11H29N3. The minimum absolute atomic E-state index is 0.799. The average molecular weight is 203 g/mol. The lowest BCUT2D eigenvalue weighted by Crippen LogP contribution is -1.87. The summed E-state index contributed by atoms with van der Waals surface area (Å²) in [6.45, 7) is 14.0. The van der Waals surface area contributed by atoms with Crippen LogP contribution in [0.15, 0.2) is 15.2 Å². The minimum Gasteiger partial charge on any atom is -0.272 e. The molecule has 0 fully saturated rings. The molecule has 3 nitrogen and oxygen atoms in total. The predicted molar refractivity (Wildman–Crippen MR) is 68.5 cm³/mol. The van der Waals surface area contributed by atoms with E-state index in [2.05, 4.69) is 15.2 Å². The van der Waals surface area contributed by atoms with Crippen LogP contribution in [0.4, 0.5) is 0 Å². The van der Waals surface area contributed by atoms with E-state index in [1.807, 2.05) is 48.5 Å². The van der Waals surface area contributed by atoms with Gasteiger partial charge in [-0.1, -0.05) is 48.5 Å². The molecule has 0 aromatic carbocycles. The zero-order valence-electron chi connectivity index (χ0n) is 11.5. The number of rotatable bonds is 1. The number of aliphatic imine (C=N–C) groups is 1. The van der Waals surface area contributed by atoms with Gasteiger partial charge in [-0.05, 0) is 0 Å². The van der Waals surface area contributed by atoms with Gasteiger partial charge in [0.05, 0.1) is 0 Å². The maximum absolute atomic E-state index is 3.85. The predicted octanol–water partition coefficient (Wildman–Crippen LogP) is 4.59. The van der Waals surface area contributed by atoms with E-state index in [0.29, 0.717) is 0 Å². The van der Waals surface area contributed by atoms with Crippen LogP contribution >= 0.6 is 0 Å². The Balaban J connectivity index is -0.0000000708. The number of amidine groups is 1. The fourth-order valence-corrected chi connectivity index (χ4v) is 0.389. The Morgan fingerprint density at radius 2 is 1.21 bits per heavy atom. The maximum Gasteiger partial charge on any atom is 0.145 e. The average Bonchev–Trinajstić information content (AvgIpc) is 2.33. The van der Waals surface area contributed by atoms with Gasteiger partial charge >= 0.3 is 0 Å². The van der Waals surface area contributed by atoms with E-state index in [0.717, 1.165) is 12.3 Å². The summed E-state index contributed by atoms with van der Waals surface area (Å²) in [7, 11) is 3.36. The van der Waals surface area contributed by atoms with Gasteiger partial charge in [0.1, 0.15) is 5.84 Å². The molecule has 0 aromatic rings. The topological polar surface area (TPSA) is 37.1 Å². The Bertz CT molecular complexity index is 104.